The third-order valence-corrected chi connectivity index (χ3v) is 3.13. The quantitative estimate of drug-likeness (QED) is 0.862. The van der Waals surface area contributed by atoms with Crippen LogP contribution < -0.4 is 15.4 Å². The summed E-state index contributed by atoms with van der Waals surface area (Å²) >= 11 is 0. The van der Waals surface area contributed by atoms with Gasteiger partial charge in [0.1, 0.15) is 11.9 Å². The van der Waals surface area contributed by atoms with Gasteiger partial charge in [0.15, 0.2) is 0 Å². The molecular formula is C14H20N2O3. The Kier molecular flexibility index (Phi) is 4.39. The van der Waals surface area contributed by atoms with Crippen LogP contribution in [0, 0.1) is 13.8 Å². The fraction of sp³-hybridized carbons (Fsp3) is 0.500. The van der Waals surface area contributed by atoms with Gasteiger partial charge in [-0.05, 0) is 31.0 Å². The standard InChI is InChI=1S/C14H20N2O3/c1-9-6-10(2)13(11(7-9)18-3)16-14(17)12-8-15-4-5-19-12/h6-7,12,15H,4-5,8H2,1-3H3,(H,16,17). The van der Waals surface area contributed by atoms with Gasteiger partial charge < -0.3 is 20.1 Å². The zero-order valence-electron chi connectivity index (χ0n) is 11.6. The predicted octanol–water partition coefficient (Wildman–Crippen LogP) is 1.24. The van der Waals surface area contributed by atoms with E-state index in [1.54, 1.807) is 7.11 Å². The Morgan fingerprint density at radius 2 is 2.26 bits per heavy atom. The first-order valence-corrected chi connectivity index (χ1v) is 6.40. The van der Waals surface area contributed by atoms with E-state index in [2.05, 4.69) is 10.6 Å². The zero-order valence-corrected chi connectivity index (χ0v) is 11.6. The number of ether oxygens (including phenoxy) is 2. The molecule has 1 aromatic rings. The van der Waals surface area contributed by atoms with Crippen LogP contribution in [-0.4, -0.2) is 38.8 Å². The van der Waals surface area contributed by atoms with Crippen LogP contribution in [0.1, 0.15) is 11.1 Å². The van der Waals surface area contributed by atoms with Crippen LogP contribution in [-0.2, 0) is 9.53 Å². The number of anilines is 1. The highest BCUT2D eigenvalue weighted by Gasteiger charge is 2.23. The molecule has 1 amide bonds. The highest BCUT2D eigenvalue weighted by atomic mass is 16.5. The largest absolute Gasteiger partial charge is 0.495 e. The van der Waals surface area contributed by atoms with E-state index in [-0.39, 0.29) is 5.91 Å². The Balaban J connectivity index is 2.15. The lowest BCUT2D eigenvalue weighted by molar-refractivity contribution is -0.128. The molecular weight excluding hydrogens is 244 g/mol. The van der Waals surface area contributed by atoms with E-state index in [1.807, 2.05) is 26.0 Å². The Morgan fingerprint density at radius 1 is 1.47 bits per heavy atom. The Labute approximate surface area is 113 Å². The molecule has 2 N–H and O–H groups in total. The number of morpholine rings is 1. The van der Waals surface area contributed by atoms with Crippen molar-refractivity contribution >= 4 is 11.6 Å². The first kappa shape index (κ1) is 13.8. The molecule has 1 aliphatic heterocycles. The fourth-order valence-electron chi connectivity index (χ4n) is 2.19. The Hall–Kier alpha value is -1.59. The van der Waals surface area contributed by atoms with Gasteiger partial charge in [0.25, 0.3) is 5.91 Å². The lowest BCUT2D eigenvalue weighted by Gasteiger charge is -2.23. The number of benzene rings is 1. The molecule has 5 heteroatoms. The van der Waals surface area contributed by atoms with Crippen LogP contribution in [0.15, 0.2) is 12.1 Å². The number of hydrogen-bond donors (Lipinski definition) is 2. The highest BCUT2D eigenvalue weighted by molar-refractivity contribution is 5.96. The molecule has 0 aliphatic carbocycles. The summed E-state index contributed by atoms with van der Waals surface area (Å²) in [6.07, 6.45) is -0.445. The van der Waals surface area contributed by atoms with E-state index in [0.717, 1.165) is 17.7 Å². The molecule has 1 atom stereocenters. The van der Waals surface area contributed by atoms with Crippen molar-refractivity contribution in [3.8, 4) is 5.75 Å². The number of nitrogens with one attached hydrogen (secondary N) is 2. The summed E-state index contributed by atoms with van der Waals surface area (Å²) in [4.78, 5) is 12.1. The molecule has 0 aromatic heterocycles. The lowest BCUT2D eigenvalue weighted by Crippen LogP contribution is -2.45. The van der Waals surface area contributed by atoms with Crippen LogP contribution in [0.5, 0.6) is 5.75 Å². The van der Waals surface area contributed by atoms with Gasteiger partial charge in [0.05, 0.1) is 19.4 Å². The second-order valence-corrected chi connectivity index (χ2v) is 4.71. The predicted molar refractivity (Wildman–Crippen MR) is 73.7 cm³/mol. The Morgan fingerprint density at radius 3 is 2.89 bits per heavy atom. The maximum atomic E-state index is 12.1. The molecule has 19 heavy (non-hydrogen) atoms. The van der Waals surface area contributed by atoms with Crippen molar-refractivity contribution in [2.75, 3.05) is 32.1 Å². The minimum absolute atomic E-state index is 0.141. The normalized spacial score (nSPS) is 19.0. The molecule has 1 fully saturated rings. The maximum absolute atomic E-state index is 12.1. The molecule has 0 bridgehead atoms. The molecule has 0 spiro atoms. The monoisotopic (exact) mass is 264 g/mol. The molecule has 104 valence electrons. The molecule has 1 saturated heterocycles. The lowest BCUT2D eigenvalue weighted by atomic mass is 10.1. The first-order chi connectivity index (χ1) is 9.11. The number of amides is 1. The van der Waals surface area contributed by atoms with Crippen molar-refractivity contribution in [1.82, 2.24) is 5.32 Å². The summed E-state index contributed by atoms with van der Waals surface area (Å²) in [6.45, 7) is 5.83. The van der Waals surface area contributed by atoms with Gasteiger partial charge >= 0.3 is 0 Å². The van der Waals surface area contributed by atoms with Crippen molar-refractivity contribution in [2.24, 2.45) is 0 Å². The van der Waals surface area contributed by atoms with Crippen molar-refractivity contribution in [1.29, 1.82) is 0 Å². The molecule has 1 unspecified atom stereocenters. The van der Waals surface area contributed by atoms with E-state index in [9.17, 15) is 4.79 Å². The second kappa shape index (κ2) is 6.04. The summed E-state index contributed by atoms with van der Waals surface area (Å²) < 4.78 is 10.8. The van der Waals surface area contributed by atoms with Crippen LogP contribution in [0.2, 0.25) is 0 Å². The van der Waals surface area contributed by atoms with Gasteiger partial charge in [-0.25, -0.2) is 0 Å². The van der Waals surface area contributed by atoms with Crippen molar-refractivity contribution < 1.29 is 14.3 Å². The Bertz CT molecular complexity index is 468. The van der Waals surface area contributed by atoms with Gasteiger partial charge in [-0.3, -0.25) is 4.79 Å². The summed E-state index contributed by atoms with van der Waals surface area (Å²) in [6, 6.07) is 3.92. The smallest absolute Gasteiger partial charge is 0.254 e. The first-order valence-electron chi connectivity index (χ1n) is 6.40. The molecule has 1 heterocycles. The number of hydrogen-bond acceptors (Lipinski definition) is 4. The van der Waals surface area contributed by atoms with E-state index < -0.39 is 6.10 Å². The number of aryl methyl sites for hydroxylation is 2. The minimum Gasteiger partial charge on any atom is -0.495 e. The van der Waals surface area contributed by atoms with Gasteiger partial charge in [-0.2, -0.15) is 0 Å². The molecule has 2 rings (SSSR count). The third kappa shape index (κ3) is 3.24. The summed E-state index contributed by atoms with van der Waals surface area (Å²) in [5, 5.41) is 6.03. The topological polar surface area (TPSA) is 59.6 Å². The van der Waals surface area contributed by atoms with Gasteiger partial charge in [0.2, 0.25) is 0 Å². The fourth-order valence-corrected chi connectivity index (χ4v) is 2.19. The zero-order chi connectivity index (χ0) is 13.8. The average molecular weight is 264 g/mol. The second-order valence-electron chi connectivity index (χ2n) is 4.71. The van der Waals surface area contributed by atoms with E-state index >= 15 is 0 Å². The summed E-state index contributed by atoms with van der Waals surface area (Å²) in [5.74, 6) is 0.534. The highest BCUT2D eigenvalue weighted by Crippen LogP contribution is 2.29. The molecule has 0 saturated carbocycles. The van der Waals surface area contributed by atoms with E-state index in [1.165, 1.54) is 0 Å². The molecule has 0 radical (unpaired) electrons. The number of carbonyl (C=O) groups is 1. The molecule has 5 nitrogen and oxygen atoms in total. The van der Waals surface area contributed by atoms with Crippen molar-refractivity contribution in [3.05, 3.63) is 23.3 Å². The minimum atomic E-state index is -0.445. The van der Waals surface area contributed by atoms with Crippen LogP contribution in [0.3, 0.4) is 0 Å². The summed E-state index contributed by atoms with van der Waals surface area (Å²) in [7, 11) is 1.60. The molecule has 1 aliphatic rings. The SMILES string of the molecule is COc1cc(C)cc(C)c1NC(=O)C1CNCCO1. The number of carbonyl (C=O) groups excluding carboxylic acids is 1. The van der Waals surface area contributed by atoms with Crippen LogP contribution in [0.4, 0.5) is 5.69 Å². The van der Waals surface area contributed by atoms with E-state index in [4.69, 9.17) is 9.47 Å². The maximum Gasteiger partial charge on any atom is 0.254 e. The van der Waals surface area contributed by atoms with Crippen LogP contribution >= 0.6 is 0 Å². The molecule has 1 aromatic carbocycles. The average Bonchev–Trinajstić information content (AvgIpc) is 2.42. The van der Waals surface area contributed by atoms with Crippen LogP contribution in [0.25, 0.3) is 0 Å². The summed E-state index contributed by atoms with van der Waals surface area (Å²) in [5.41, 5.74) is 2.80. The van der Waals surface area contributed by atoms with E-state index in [0.29, 0.717) is 24.6 Å². The van der Waals surface area contributed by atoms with Gasteiger partial charge in [-0.1, -0.05) is 6.07 Å². The van der Waals surface area contributed by atoms with Gasteiger partial charge in [0, 0.05) is 13.1 Å². The third-order valence-electron chi connectivity index (χ3n) is 3.13. The number of rotatable bonds is 3. The van der Waals surface area contributed by atoms with Crippen molar-refractivity contribution in [2.45, 2.75) is 20.0 Å². The van der Waals surface area contributed by atoms with Gasteiger partial charge in [-0.15, -0.1) is 0 Å². The van der Waals surface area contributed by atoms with Crippen molar-refractivity contribution in [3.63, 3.8) is 0 Å². The number of methoxy groups -OCH3 is 1.